The standard InChI is InChI=1S/C36H23NSeSi/c1-3-12-24(13-4-1)39(25-14-5-2-6-15-25)34-21-10-9-20-32(34)38-33-22-29-28-18-11-17-27-26-16-7-8-19-30(26)37(36(27)28)31(29)23-35(33)39/h1-23H/i1D,2D,3D,4D,5D,6D,7D,8D,9D,10D,11D,12D,13D,14D,15D,16D,17D,18D,19D,20D,21D,22D,23D. The van der Waals surface area contributed by atoms with Gasteiger partial charge in [-0.05, 0) is 0 Å². The van der Waals surface area contributed by atoms with Crippen LogP contribution >= 0.6 is 0 Å². The Morgan fingerprint density at radius 1 is 0.487 bits per heavy atom. The molecule has 0 bridgehead atoms. The van der Waals surface area contributed by atoms with Crippen LogP contribution in [0.1, 0.15) is 31.5 Å². The molecule has 1 nitrogen and oxygen atoms in total. The van der Waals surface area contributed by atoms with E-state index in [4.69, 9.17) is 20.6 Å². The Kier molecular flexibility index (Phi) is 1.87. The van der Waals surface area contributed by atoms with Crippen molar-refractivity contribution >= 4 is 90.8 Å². The molecule has 0 radical (unpaired) electrons. The van der Waals surface area contributed by atoms with Gasteiger partial charge in [0.05, 0.1) is 0 Å². The van der Waals surface area contributed by atoms with Gasteiger partial charge in [0, 0.05) is 0 Å². The molecule has 0 aliphatic carbocycles. The van der Waals surface area contributed by atoms with Gasteiger partial charge in [0.1, 0.15) is 0 Å². The van der Waals surface area contributed by atoms with Crippen LogP contribution in [0.3, 0.4) is 0 Å². The number of benzene rings is 6. The SMILES string of the molecule is [2H]c1c([2H])c([2H])c([Si]2(c3c([2H])c([2H])c([2H])c([2H])c3[2H])c3c([2H])c([2H])c([2H])c([2H])c3[Se]c3c2c([2H])c2c(c3[2H])c3c([2H])c([2H])c([2H])c4c5c([2H])c([2H])c([2H])c([2H])c5n2c43)c([2H])c1[2H]. The van der Waals surface area contributed by atoms with E-state index in [1.807, 2.05) is 0 Å². The second-order valence-electron chi connectivity index (χ2n) is 8.77. The summed E-state index contributed by atoms with van der Waals surface area (Å²) in [7, 11) is -5.67. The van der Waals surface area contributed by atoms with Crippen LogP contribution in [0.5, 0.6) is 0 Å². The molecule has 8 aromatic rings. The Balaban J connectivity index is 1.73. The fourth-order valence-electron chi connectivity index (χ4n) is 5.51. The Morgan fingerprint density at radius 2 is 1.10 bits per heavy atom. The fourth-order valence-corrected chi connectivity index (χ4v) is 13.4. The van der Waals surface area contributed by atoms with Gasteiger partial charge in [-0.3, -0.25) is 0 Å². The molecule has 0 atom stereocenters. The van der Waals surface area contributed by atoms with Gasteiger partial charge in [-0.15, -0.1) is 0 Å². The van der Waals surface area contributed by atoms with Crippen LogP contribution in [0.25, 0.3) is 38.1 Å². The van der Waals surface area contributed by atoms with Gasteiger partial charge < -0.3 is 0 Å². The average Bonchev–Trinajstić information content (AvgIpc) is 3.77. The summed E-state index contributed by atoms with van der Waals surface area (Å²) in [6.45, 7) is 0. The number of aromatic nitrogens is 1. The Hall–Kier alpha value is -4.14. The predicted molar refractivity (Wildman–Crippen MR) is 170 cm³/mol. The number of fused-ring (bicyclic) bond motifs is 8. The van der Waals surface area contributed by atoms with Gasteiger partial charge in [-0.1, -0.05) is 0 Å². The molecule has 1 aliphatic heterocycles. The van der Waals surface area contributed by atoms with Crippen molar-refractivity contribution in [1.82, 2.24) is 4.40 Å². The average molecular weight is 600 g/mol. The van der Waals surface area contributed by atoms with Crippen molar-refractivity contribution in [3.63, 3.8) is 0 Å². The molecule has 0 saturated carbocycles. The van der Waals surface area contributed by atoms with Crippen LogP contribution in [0.2, 0.25) is 0 Å². The Bertz CT molecular complexity index is 3330. The molecule has 0 amide bonds. The molecule has 1 aliphatic rings. The number of rotatable bonds is 2. The minimum atomic E-state index is -5.67. The topological polar surface area (TPSA) is 4.41 Å². The van der Waals surface area contributed by atoms with E-state index in [9.17, 15) is 11.0 Å². The van der Waals surface area contributed by atoms with E-state index in [0.717, 1.165) is 4.40 Å². The van der Waals surface area contributed by atoms with Crippen molar-refractivity contribution < 1.29 is 31.5 Å². The number of hydrogen-bond acceptors (Lipinski definition) is 0. The van der Waals surface area contributed by atoms with Gasteiger partial charge in [-0.2, -0.15) is 0 Å². The fraction of sp³-hybridized carbons (Fsp3) is 0. The third-order valence-electron chi connectivity index (χ3n) is 6.99. The summed E-state index contributed by atoms with van der Waals surface area (Å²) in [5, 5.41) is -3.39. The van der Waals surface area contributed by atoms with Gasteiger partial charge in [0.2, 0.25) is 0 Å². The summed E-state index contributed by atoms with van der Waals surface area (Å²) in [6, 6.07) is -18.9. The monoisotopic (exact) mass is 600 g/mol. The van der Waals surface area contributed by atoms with E-state index >= 15 is 0 Å². The summed E-state index contributed by atoms with van der Waals surface area (Å²) >= 11 is -1.48. The molecule has 0 saturated heterocycles. The Morgan fingerprint density at radius 3 is 1.87 bits per heavy atom. The summed E-state index contributed by atoms with van der Waals surface area (Å²) in [6.07, 6.45) is 0. The molecular weight excluding hydrogens is 553 g/mol. The zero-order chi connectivity index (χ0) is 45.6. The zero-order valence-corrected chi connectivity index (χ0v) is 22.1. The number of hydrogen-bond donors (Lipinski definition) is 0. The molecule has 182 valence electrons. The number of nitrogens with zero attached hydrogens (tertiary/aromatic N) is 1. The van der Waals surface area contributed by atoms with Gasteiger partial charge >= 0.3 is 266 Å². The minimum absolute atomic E-state index is 0.149. The summed E-state index contributed by atoms with van der Waals surface area (Å²) in [5.41, 5.74) is -0.882. The van der Waals surface area contributed by atoms with E-state index in [0.29, 0.717) is 0 Å². The first-order valence-electron chi connectivity index (χ1n) is 23.1. The van der Waals surface area contributed by atoms with Crippen LogP contribution in [0, 0.1) is 0 Å². The molecular formula is C36H23NSeSi. The molecule has 6 aromatic carbocycles. The summed E-state index contributed by atoms with van der Waals surface area (Å²) < 4.78 is 209. The second-order valence-corrected chi connectivity index (χ2v) is 14.4. The Labute approximate surface area is 266 Å². The number of para-hydroxylation sites is 2. The first-order valence-corrected chi connectivity index (χ1v) is 15.3. The van der Waals surface area contributed by atoms with Gasteiger partial charge in [0.25, 0.3) is 0 Å². The third-order valence-corrected chi connectivity index (χ3v) is 14.2. The van der Waals surface area contributed by atoms with Crippen molar-refractivity contribution in [2.75, 3.05) is 0 Å². The zero-order valence-electron chi connectivity index (χ0n) is 42.4. The van der Waals surface area contributed by atoms with Gasteiger partial charge in [-0.25, -0.2) is 0 Å². The van der Waals surface area contributed by atoms with Crippen molar-refractivity contribution in [1.29, 1.82) is 0 Å². The predicted octanol–water partition coefficient (Wildman–Crippen LogP) is 4.18. The second kappa shape index (κ2) is 7.94. The van der Waals surface area contributed by atoms with Crippen LogP contribution < -0.4 is 29.7 Å². The summed E-state index contributed by atoms with van der Waals surface area (Å²) in [4.78, 5) is 0. The van der Waals surface area contributed by atoms with Gasteiger partial charge in [0.15, 0.2) is 0 Å². The van der Waals surface area contributed by atoms with Crippen molar-refractivity contribution in [2.24, 2.45) is 0 Å². The normalized spacial score (nSPS) is 22.5. The molecule has 39 heavy (non-hydrogen) atoms. The molecule has 0 spiro atoms. The van der Waals surface area contributed by atoms with E-state index in [2.05, 4.69) is 0 Å². The maximum absolute atomic E-state index is 10.3. The van der Waals surface area contributed by atoms with E-state index < -0.39 is 188 Å². The molecule has 3 heteroatoms. The first kappa shape index (κ1) is 9.21. The molecule has 0 unspecified atom stereocenters. The van der Waals surface area contributed by atoms with E-state index in [1.54, 1.807) is 0 Å². The van der Waals surface area contributed by atoms with E-state index in [1.165, 1.54) is 0 Å². The molecule has 9 rings (SSSR count). The molecule has 3 heterocycles. The molecule has 2 aromatic heterocycles. The van der Waals surface area contributed by atoms with E-state index in [-0.39, 0.29) is 41.5 Å². The third kappa shape index (κ3) is 2.75. The first-order chi connectivity index (χ1) is 28.9. The van der Waals surface area contributed by atoms with Crippen LogP contribution in [0.4, 0.5) is 0 Å². The maximum atomic E-state index is 10.3. The van der Waals surface area contributed by atoms with Crippen LogP contribution in [-0.4, -0.2) is 27.4 Å². The van der Waals surface area contributed by atoms with Crippen LogP contribution in [0.15, 0.2) is 139 Å². The van der Waals surface area contributed by atoms with Crippen LogP contribution in [-0.2, 0) is 0 Å². The van der Waals surface area contributed by atoms with Crippen molar-refractivity contribution in [2.45, 2.75) is 0 Å². The molecule has 0 fully saturated rings. The quantitative estimate of drug-likeness (QED) is 0.263. The van der Waals surface area contributed by atoms with Crippen molar-refractivity contribution in [3.8, 4) is 0 Å². The van der Waals surface area contributed by atoms with Crippen molar-refractivity contribution in [3.05, 3.63) is 139 Å². The molecule has 0 N–H and O–H groups in total. The summed E-state index contributed by atoms with van der Waals surface area (Å²) in [5.74, 6) is 0.